The summed E-state index contributed by atoms with van der Waals surface area (Å²) in [4.78, 5) is 10.5. The number of aliphatic carboxylic acids is 1. The molecule has 2 aromatic heterocycles. The lowest BCUT2D eigenvalue weighted by atomic mass is 10.4. The van der Waals surface area contributed by atoms with Gasteiger partial charge in [-0.3, -0.25) is 14.8 Å². The van der Waals surface area contributed by atoms with Crippen molar-refractivity contribution in [3.8, 4) is 11.5 Å². The van der Waals surface area contributed by atoms with Gasteiger partial charge in [-0.2, -0.15) is 10.2 Å². The second kappa shape index (κ2) is 3.65. The molecule has 2 rings (SSSR count). The van der Waals surface area contributed by atoms with Crippen LogP contribution in [0.4, 0.5) is 0 Å². The quantitative estimate of drug-likeness (QED) is 0.656. The molecule has 0 aliphatic heterocycles. The molecule has 2 heterocycles. The highest BCUT2D eigenvalue weighted by Crippen LogP contribution is 2.12. The first-order valence-corrected chi connectivity index (χ1v) is 4.44. The molecule has 0 atom stereocenters. The molecule has 0 amide bonds. The highest BCUT2D eigenvalue weighted by molar-refractivity contribution is 7.71. The van der Waals surface area contributed by atoms with Gasteiger partial charge < -0.3 is 9.90 Å². The molecular formula is C7H6N5O2S-. The molecule has 0 unspecified atom stereocenters. The zero-order valence-corrected chi connectivity index (χ0v) is 8.24. The van der Waals surface area contributed by atoms with Crippen LogP contribution in [0.5, 0.6) is 0 Å². The van der Waals surface area contributed by atoms with E-state index < -0.39 is 5.97 Å². The van der Waals surface area contributed by atoms with Crippen LogP contribution in [0.15, 0.2) is 12.3 Å². The first-order chi connectivity index (χ1) is 7.18. The number of H-pyrrole nitrogens is 2. The number of aromatic amines is 2. The van der Waals surface area contributed by atoms with E-state index in [1.807, 2.05) is 0 Å². The van der Waals surface area contributed by atoms with Crippen molar-refractivity contribution in [2.45, 2.75) is 6.54 Å². The van der Waals surface area contributed by atoms with Crippen molar-refractivity contribution in [2.75, 3.05) is 0 Å². The fourth-order valence-corrected chi connectivity index (χ4v) is 1.38. The largest absolute Gasteiger partial charge is 0.548 e. The molecular weight excluding hydrogens is 218 g/mol. The van der Waals surface area contributed by atoms with Crippen molar-refractivity contribution in [1.29, 1.82) is 0 Å². The minimum Gasteiger partial charge on any atom is -0.548 e. The molecule has 0 bridgehead atoms. The molecule has 2 aromatic rings. The van der Waals surface area contributed by atoms with Crippen LogP contribution in [-0.2, 0) is 11.3 Å². The molecule has 0 saturated carbocycles. The van der Waals surface area contributed by atoms with Crippen molar-refractivity contribution in [1.82, 2.24) is 25.0 Å². The van der Waals surface area contributed by atoms with Gasteiger partial charge in [-0.15, -0.1) is 0 Å². The molecule has 0 saturated heterocycles. The second-order valence-corrected chi connectivity index (χ2v) is 3.17. The fourth-order valence-electron chi connectivity index (χ4n) is 1.18. The Morgan fingerprint density at radius 3 is 3.00 bits per heavy atom. The Hall–Kier alpha value is -1.96. The molecule has 0 aliphatic rings. The van der Waals surface area contributed by atoms with Gasteiger partial charge in [-0.05, 0) is 18.3 Å². The number of carboxylic acid groups (broad SMARTS) is 1. The van der Waals surface area contributed by atoms with Crippen molar-refractivity contribution in [3.05, 3.63) is 17.0 Å². The Kier molecular flexibility index (Phi) is 2.34. The van der Waals surface area contributed by atoms with E-state index in [4.69, 9.17) is 12.2 Å². The summed E-state index contributed by atoms with van der Waals surface area (Å²) in [6, 6.07) is 1.66. The summed E-state index contributed by atoms with van der Waals surface area (Å²) in [5, 5.41) is 23.3. The number of carbonyl (C=O) groups is 1. The molecule has 7 nitrogen and oxygen atoms in total. The van der Waals surface area contributed by atoms with Gasteiger partial charge in [0.25, 0.3) is 0 Å². The lowest BCUT2D eigenvalue weighted by molar-refractivity contribution is -0.306. The molecule has 15 heavy (non-hydrogen) atoms. The van der Waals surface area contributed by atoms with Crippen LogP contribution in [0.1, 0.15) is 0 Å². The van der Waals surface area contributed by atoms with Gasteiger partial charge >= 0.3 is 0 Å². The van der Waals surface area contributed by atoms with E-state index in [0.29, 0.717) is 11.5 Å². The fraction of sp³-hybridized carbons (Fsp3) is 0.143. The molecule has 2 N–H and O–H groups in total. The Balaban J connectivity index is 2.49. The number of carbonyl (C=O) groups excluding carboxylic acids is 1. The third kappa shape index (κ3) is 1.79. The van der Waals surface area contributed by atoms with E-state index in [1.165, 1.54) is 10.8 Å². The Bertz CT molecular complexity index is 526. The standard InChI is InChI=1S/C7H7N5O2S/c13-5(14)3-12-6(10-11-7(12)15)4-1-2-8-9-4/h1-2H,3H2,(H,8,9)(H,11,15)(H,13,14)/p-1. The third-order valence-electron chi connectivity index (χ3n) is 1.79. The van der Waals surface area contributed by atoms with Crippen molar-refractivity contribution in [3.63, 3.8) is 0 Å². The molecule has 78 valence electrons. The van der Waals surface area contributed by atoms with Gasteiger partial charge in [0.15, 0.2) is 10.6 Å². The van der Waals surface area contributed by atoms with Gasteiger partial charge in [-0.25, -0.2) is 0 Å². The van der Waals surface area contributed by atoms with Crippen molar-refractivity contribution >= 4 is 18.2 Å². The number of nitrogens with zero attached hydrogens (tertiary/aromatic N) is 3. The van der Waals surface area contributed by atoms with Gasteiger partial charge in [0.05, 0.1) is 12.5 Å². The number of hydrogen-bond acceptors (Lipinski definition) is 5. The second-order valence-electron chi connectivity index (χ2n) is 2.78. The maximum atomic E-state index is 10.5. The van der Waals surface area contributed by atoms with Gasteiger partial charge in [0, 0.05) is 6.20 Å². The molecule has 8 heteroatoms. The first kappa shape index (κ1) is 9.59. The summed E-state index contributed by atoms with van der Waals surface area (Å²) in [6.45, 7) is -0.344. The lowest BCUT2D eigenvalue weighted by Crippen LogP contribution is -2.27. The first-order valence-electron chi connectivity index (χ1n) is 4.03. The topological polar surface area (TPSA) is 102 Å². The summed E-state index contributed by atoms with van der Waals surface area (Å²) in [5.41, 5.74) is 0.587. The number of carboxylic acids is 1. The van der Waals surface area contributed by atoms with Crippen LogP contribution in [0.25, 0.3) is 11.5 Å². The van der Waals surface area contributed by atoms with E-state index in [-0.39, 0.29) is 11.3 Å². The third-order valence-corrected chi connectivity index (χ3v) is 2.10. The SMILES string of the molecule is O=C([O-])Cn1c(-c2ccn[nH]2)n[nH]c1=S. The van der Waals surface area contributed by atoms with Crippen LogP contribution >= 0.6 is 12.2 Å². The summed E-state index contributed by atoms with van der Waals surface area (Å²) in [5.74, 6) is -0.838. The van der Waals surface area contributed by atoms with Gasteiger partial charge in [0.1, 0.15) is 5.69 Å². The number of hydrogen-bond donors (Lipinski definition) is 2. The molecule has 0 fully saturated rings. The van der Waals surface area contributed by atoms with Crippen LogP contribution < -0.4 is 5.11 Å². The average molecular weight is 224 g/mol. The predicted octanol–water partition coefficient (Wildman–Crippen LogP) is -0.919. The smallest absolute Gasteiger partial charge is 0.195 e. The van der Waals surface area contributed by atoms with E-state index in [2.05, 4.69) is 20.4 Å². The Labute approximate surface area is 88.8 Å². The Morgan fingerprint density at radius 1 is 1.60 bits per heavy atom. The number of rotatable bonds is 3. The minimum atomic E-state index is -1.23. The van der Waals surface area contributed by atoms with E-state index in [0.717, 1.165) is 0 Å². The average Bonchev–Trinajstić information content (AvgIpc) is 2.76. The lowest BCUT2D eigenvalue weighted by Gasteiger charge is -2.05. The van der Waals surface area contributed by atoms with Crippen LogP contribution in [0.2, 0.25) is 0 Å². The van der Waals surface area contributed by atoms with Crippen LogP contribution in [-0.4, -0.2) is 30.9 Å². The van der Waals surface area contributed by atoms with Gasteiger partial charge in [0.2, 0.25) is 0 Å². The zero-order valence-electron chi connectivity index (χ0n) is 7.43. The Morgan fingerprint density at radius 2 is 2.40 bits per heavy atom. The van der Waals surface area contributed by atoms with E-state index in [9.17, 15) is 9.90 Å². The molecule has 0 spiro atoms. The normalized spacial score (nSPS) is 10.4. The number of aromatic nitrogens is 5. The van der Waals surface area contributed by atoms with E-state index >= 15 is 0 Å². The van der Waals surface area contributed by atoms with E-state index in [1.54, 1.807) is 6.07 Å². The summed E-state index contributed by atoms with van der Waals surface area (Å²) in [6.07, 6.45) is 1.54. The summed E-state index contributed by atoms with van der Waals surface area (Å²) < 4.78 is 1.54. The van der Waals surface area contributed by atoms with Crippen molar-refractivity contribution in [2.24, 2.45) is 0 Å². The summed E-state index contributed by atoms with van der Waals surface area (Å²) in [7, 11) is 0. The maximum Gasteiger partial charge on any atom is 0.195 e. The predicted molar refractivity (Wildman–Crippen MR) is 50.0 cm³/mol. The van der Waals surface area contributed by atoms with Gasteiger partial charge in [-0.1, -0.05) is 0 Å². The zero-order chi connectivity index (χ0) is 10.8. The highest BCUT2D eigenvalue weighted by Gasteiger charge is 2.09. The van der Waals surface area contributed by atoms with Crippen LogP contribution in [0.3, 0.4) is 0 Å². The summed E-state index contributed by atoms with van der Waals surface area (Å²) >= 11 is 4.88. The minimum absolute atomic E-state index is 0.226. The van der Waals surface area contributed by atoms with Crippen molar-refractivity contribution < 1.29 is 9.90 Å². The monoisotopic (exact) mass is 224 g/mol. The molecule has 0 aliphatic carbocycles. The maximum absolute atomic E-state index is 10.5. The number of nitrogens with one attached hydrogen (secondary N) is 2. The molecule has 0 radical (unpaired) electrons. The highest BCUT2D eigenvalue weighted by atomic mass is 32.1. The molecule has 0 aromatic carbocycles. The van der Waals surface area contributed by atoms with Crippen LogP contribution in [0, 0.1) is 4.77 Å².